The Morgan fingerprint density at radius 1 is 1.07 bits per heavy atom. The molecular formula is C18H35N3O5P+. The number of rotatable bonds is 10. The van der Waals surface area contributed by atoms with Crippen molar-refractivity contribution in [1.29, 1.82) is 0 Å². The van der Waals surface area contributed by atoms with Crippen molar-refractivity contribution in [3.63, 3.8) is 0 Å². The average Bonchev–Trinajstić information content (AvgIpc) is 2.58. The molecule has 6 N–H and O–H groups in total. The van der Waals surface area contributed by atoms with Crippen molar-refractivity contribution in [2.75, 3.05) is 18.9 Å². The van der Waals surface area contributed by atoms with Gasteiger partial charge in [0.15, 0.2) is 11.9 Å². The molecule has 8 nitrogen and oxygen atoms in total. The standard InChI is InChI=1S/C18H34N3O5P/c1-12(2)16(19)18(24)21-13(3)17(23)20-9-15(22)11-27(25,26)10-14-7-5-4-6-8-14/h12-14,16,25-26H,4-11,19H2,1-3H3,(H-,20,21,23,24)/p+1/t13-,16-/m0/s1. The van der Waals surface area contributed by atoms with Crippen LogP contribution in [0.5, 0.6) is 0 Å². The number of Topliss-reactive ketones (excluding diaryl/α,β-unsaturated/α-hetero) is 1. The number of nitrogens with two attached hydrogens (primary N) is 1. The third-order valence-electron chi connectivity index (χ3n) is 4.94. The summed E-state index contributed by atoms with van der Waals surface area (Å²) in [6.45, 7) is 4.83. The first-order valence-corrected chi connectivity index (χ1v) is 11.8. The van der Waals surface area contributed by atoms with Crippen molar-refractivity contribution in [2.45, 2.75) is 65.0 Å². The monoisotopic (exact) mass is 404 g/mol. The Morgan fingerprint density at radius 2 is 1.67 bits per heavy atom. The molecule has 9 heteroatoms. The van der Waals surface area contributed by atoms with E-state index < -0.39 is 37.4 Å². The lowest BCUT2D eigenvalue weighted by Crippen LogP contribution is -2.52. The zero-order valence-electron chi connectivity index (χ0n) is 16.6. The van der Waals surface area contributed by atoms with Crippen LogP contribution in [0.2, 0.25) is 0 Å². The molecule has 1 saturated carbocycles. The highest BCUT2D eigenvalue weighted by molar-refractivity contribution is 7.65. The summed E-state index contributed by atoms with van der Waals surface area (Å²) in [7, 11) is -3.28. The van der Waals surface area contributed by atoms with Crippen LogP contribution in [0.15, 0.2) is 0 Å². The minimum atomic E-state index is -3.28. The van der Waals surface area contributed by atoms with Crippen molar-refractivity contribution in [3.8, 4) is 0 Å². The Morgan fingerprint density at radius 3 is 2.22 bits per heavy atom. The minimum Gasteiger partial charge on any atom is -0.347 e. The highest BCUT2D eigenvalue weighted by atomic mass is 31.2. The maximum absolute atomic E-state index is 12.0. The first kappa shape index (κ1) is 24.0. The molecule has 0 aromatic heterocycles. The van der Waals surface area contributed by atoms with Crippen LogP contribution in [0, 0.1) is 11.8 Å². The normalized spacial score (nSPS) is 18.0. The molecule has 27 heavy (non-hydrogen) atoms. The van der Waals surface area contributed by atoms with Crippen LogP contribution < -0.4 is 16.4 Å². The van der Waals surface area contributed by atoms with Crippen LogP contribution in [0.4, 0.5) is 0 Å². The quantitative estimate of drug-likeness (QED) is 0.337. The Labute approximate surface area is 162 Å². The summed E-state index contributed by atoms with van der Waals surface area (Å²) < 4.78 is 0. The van der Waals surface area contributed by atoms with Crippen molar-refractivity contribution in [1.82, 2.24) is 10.6 Å². The maximum atomic E-state index is 12.0. The van der Waals surface area contributed by atoms with Crippen LogP contribution in [-0.4, -0.2) is 58.3 Å². The van der Waals surface area contributed by atoms with Crippen LogP contribution >= 0.6 is 7.72 Å². The summed E-state index contributed by atoms with van der Waals surface area (Å²) >= 11 is 0. The molecular weight excluding hydrogens is 369 g/mol. The fourth-order valence-corrected chi connectivity index (χ4v) is 5.20. The molecule has 2 atom stereocenters. The van der Waals surface area contributed by atoms with Crippen molar-refractivity contribution in [3.05, 3.63) is 0 Å². The second-order valence-electron chi connectivity index (χ2n) is 7.98. The van der Waals surface area contributed by atoms with Crippen molar-refractivity contribution in [2.24, 2.45) is 17.6 Å². The van der Waals surface area contributed by atoms with Crippen molar-refractivity contribution >= 4 is 25.3 Å². The van der Waals surface area contributed by atoms with Gasteiger partial charge in [0, 0.05) is 0 Å². The van der Waals surface area contributed by atoms with Gasteiger partial charge in [0.1, 0.15) is 12.2 Å². The summed E-state index contributed by atoms with van der Waals surface area (Å²) in [5.74, 6) is -1.15. The molecule has 1 fully saturated rings. The Bertz CT molecular complexity index is 521. The smallest absolute Gasteiger partial charge is 0.275 e. The highest BCUT2D eigenvalue weighted by Crippen LogP contribution is 2.52. The van der Waals surface area contributed by atoms with Crippen LogP contribution in [0.25, 0.3) is 0 Å². The number of carbonyl (C=O) groups excluding carboxylic acids is 3. The van der Waals surface area contributed by atoms with E-state index >= 15 is 0 Å². The van der Waals surface area contributed by atoms with Gasteiger partial charge in [-0.25, -0.2) is 9.79 Å². The van der Waals surface area contributed by atoms with E-state index in [1.165, 1.54) is 13.3 Å². The van der Waals surface area contributed by atoms with Gasteiger partial charge in [-0.2, -0.15) is 0 Å². The molecule has 1 aliphatic carbocycles. The van der Waals surface area contributed by atoms with E-state index in [-0.39, 0.29) is 30.7 Å². The molecule has 0 spiro atoms. The Balaban J connectivity index is 2.37. The molecule has 1 rings (SSSR count). The number of ketones is 1. The van der Waals surface area contributed by atoms with Gasteiger partial charge in [-0.05, 0) is 31.6 Å². The van der Waals surface area contributed by atoms with Crippen molar-refractivity contribution < 1.29 is 24.2 Å². The summed E-state index contributed by atoms with van der Waals surface area (Å²) in [6, 6.07) is -1.55. The minimum absolute atomic E-state index is 0.0581. The van der Waals surface area contributed by atoms with E-state index in [1.807, 2.05) is 0 Å². The van der Waals surface area contributed by atoms with E-state index in [0.29, 0.717) is 0 Å². The predicted molar refractivity (Wildman–Crippen MR) is 106 cm³/mol. The zero-order chi connectivity index (χ0) is 20.6. The molecule has 0 aliphatic heterocycles. The molecule has 0 unspecified atom stereocenters. The van der Waals surface area contributed by atoms with Gasteiger partial charge in [0.25, 0.3) is 7.72 Å². The van der Waals surface area contributed by atoms with Gasteiger partial charge in [-0.1, -0.05) is 33.1 Å². The van der Waals surface area contributed by atoms with Gasteiger partial charge in [0.2, 0.25) is 11.8 Å². The van der Waals surface area contributed by atoms with Gasteiger partial charge in [0.05, 0.1) is 12.6 Å². The van der Waals surface area contributed by atoms with Gasteiger partial charge >= 0.3 is 0 Å². The fourth-order valence-electron chi connectivity index (χ4n) is 3.20. The Kier molecular flexibility index (Phi) is 9.81. The Hall–Kier alpha value is -1.08. The third-order valence-corrected chi connectivity index (χ3v) is 6.90. The highest BCUT2D eigenvalue weighted by Gasteiger charge is 2.39. The van der Waals surface area contributed by atoms with Crippen LogP contribution in [0.3, 0.4) is 0 Å². The average molecular weight is 404 g/mol. The predicted octanol–water partition coefficient (Wildman–Crippen LogP) is 0.572. The summed E-state index contributed by atoms with van der Waals surface area (Å²) in [6.07, 6.45) is 5.29. The van der Waals surface area contributed by atoms with E-state index in [4.69, 9.17) is 5.73 Å². The molecule has 0 heterocycles. The van der Waals surface area contributed by atoms with Crippen LogP contribution in [-0.2, 0) is 14.4 Å². The lowest BCUT2D eigenvalue weighted by atomic mass is 9.91. The first-order chi connectivity index (χ1) is 12.5. The molecule has 2 amide bonds. The number of nitrogens with one attached hydrogen (secondary N) is 2. The second-order valence-corrected chi connectivity index (χ2v) is 10.4. The SMILES string of the molecule is CC(C)[C@H](N)C(=O)N[C@@H](C)C(=O)NCC(=O)C[P+](O)(O)CC1CCCCC1. The lowest BCUT2D eigenvalue weighted by molar-refractivity contribution is -0.130. The molecule has 0 aromatic carbocycles. The van der Waals surface area contributed by atoms with Gasteiger partial charge in [-0.3, -0.25) is 14.4 Å². The van der Waals surface area contributed by atoms with E-state index in [0.717, 1.165) is 25.7 Å². The van der Waals surface area contributed by atoms with E-state index in [9.17, 15) is 24.2 Å². The number of amides is 2. The maximum Gasteiger partial charge on any atom is 0.275 e. The second kappa shape index (κ2) is 11.1. The lowest BCUT2D eigenvalue weighted by Gasteiger charge is -2.23. The first-order valence-electron chi connectivity index (χ1n) is 9.69. The molecule has 0 bridgehead atoms. The summed E-state index contributed by atoms with van der Waals surface area (Å²) in [5.41, 5.74) is 5.73. The number of hydrogen-bond donors (Lipinski definition) is 5. The molecule has 0 saturated heterocycles. The molecule has 0 aromatic rings. The summed E-state index contributed by atoms with van der Waals surface area (Å²) in [4.78, 5) is 56.3. The topological polar surface area (TPSA) is 142 Å². The van der Waals surface area contributed by atoms with Gasteiger partial charge < -0.3 is 16.4 Å². The molecule has 156 valence electrons. The zero-order valence-corrected chi connectivity index (χ0v) is 17.5. The molecule has 1 aliphatic rings. The number of hydrogen-bond acceptors (Lipinski definition) is 6. The van der Waals surface area contributed by atoms with Gasteiger partial charge in [-0.15, -0.1) is 0 Å². The molecule has 0 radical (unpaired) electrons. The summed E-state index contributed by atoms with van der Waals surface area (Å²) in [5, 5.41) is 4.94. The number of carbonyl (C=O) groups is 3. The fraction of sp³-hybridized carbons (Fsp3) is 0.833. The van der Waals surface area contributed by atoms with E-state index in [2.05, 4.69) is 10.6 Å². The van der Waals surface area contributed by atoms with E-state index in [1.54, 1.807) is 13.8 Å². The van der Waals surface area contributed by atoms with Crippen LogP contribution in [0.1, 0.15) is 52.9 Å². The third kappa shape index (κ3) is 9.10. The largest absolute Gasteiger partial charge is 0.347 e.